The summed E-state index contributed by atoms with van der Waals surface area (Å²) in [5.41, 5.74) is 5.81. The molecule has 37 heavy (non-hydrogen) atoms. The molecule has 3 aromatic rings. The predicted molar refractivity (Wildman–Crippen MR) is 166 cm³/mol. The van der Waals surface area contributed by atoms with Gasteiger partial charge < -0.3 is 0 Å². The van der Waals surface area contributed by atoms with Gasteiger partial charge in [0, 0.05) is 0 Å². The lowest BCUT2D eigenvalue weighted by Gasteiger charge is -2.36. The topological polar surface area (TPSA) is 0 Å². The molecule has 0 amide bonds. The van der Waals surface area contributed by atoms with Gasteiger partial charge in [0.2, 0.25) is 0 Å². The van der Waals surface area contributed by atoms with Gasteiger partial charge in [-0.05, 0) is 84.1 Å². The Balaban J connectivity index is 1.88. The molecule has 0 radical (unpaired) electrons. The number of rotatable bonds is 13. The third kappa shape index (κ3) is 6.26. The largest absolute Gasteiger partial charge is 0.175 e. The molecular formula is C36H46Si. The summed E-state index contributed by atoms with van der Waals surface area (Å²) in [6.07, 6.45) is 17.0. The molecule has 4 rings (SSSR count). The molecule has 1 aliphatic rings. The highest BCUT2D eigenvalue weighted by molar-refractivity contribution is 7.16. The molecule has 0 N–H and O–H groups in total. The van der Waals surface area contributed by atoms with Crippen molar-refractivity contribution in [3.63, 3.8) is 0 Å². The average Bonchev–Trinajstić information content (AvgIpc) is 3.38. The molecule has 0 bridgehead atoms. The van der Waals surface area contributed by atoms with Crippen LogP contribution >= 0.6 is 0 Å². The summed E-state index contributed by atoms with van der Waals surface area (Å²) in [6, 6.07) is 29.3. The smallest absolute Gasteiger partial charge is 0.0779 e. The number of benzene rings is 3. The van der Waals surface area contributed by atoms with Gasteiger partial charge in [0.15, 0.2) is 8.07 Å². The SMILES string of the molecule is CCCCc1ccc([Si](C2=CC(C)=CC2)(c2ccc(CCCC)cc2)c2ccc(CCCC)cc2)cc1. The van der Waals surface area contributed by atoms with Crippen molar-refractivity contribution in [2.45, 2.75) is 91.9 Å². The van der Waals surface area contributed by atoms with E-state index in [-0.39, 0.29) is 0 Å². The van der Waals surface area contributed by atoms with Crippen LogP contribution in [0, 0.1) is 0 Å². The minimum absolute atomic E-state index is 1.06. The second-order valence-electron chi connectivity index (χ2n) is 11.0. The zero-order chi connectivity index (χ0) is 26.1. The fraction of sp³-hybridized carbons (Fsp3) is 0.389. The predicted octanol–water partition coefficient (Wildman–Crippen LogP) is 8.00. The Morgan fingerprint density at radius 3 is 1.16 bits per heavy atom. The summed E-state index contributed by atoms with van der Waals surface area (Å²) in [6.45, 7) is 9.11. The van der Waals surface area contributed by atoms with Crippen LogP contribution in [0.5, 0.6) is 0 Å². The maximum Gasteiger partial charge on any atom is 0.175 e. The summed E-state index contributed by atoms with van der Waals surface area (Å²) in [4.78, 5) is 0. The Morgan fingerprint density at radius 2 is 0.892 bits per heavy atom. The fourth-order valence-corrected chi connectivity index (χ4v) is 10.9. The minimum atomic E-state index is -2.39. The zero-order valence-corrected chi connectivity index (χ0v) is 24.7. The van der Waals surface area contributed by atoms with Gasteiger partial charge >= 0.3 is 0 Å². The normalized spacial score (nSPS) is 13.5. The maximum absolute atomic E-state index is 2.51. The standard InChI is InChI=1S/C36H46Si/c1-5-8-11-30-15-22-33(23-16-30)37(36-21-14-29(4)28-36,34-24-17-31(18-25-34)12-9-6-2)35-26-19-32(20-27-35)13-10-7-3/h14-20,22-28H,5-13,21H2,1-4H3. The molecule has 0 saturated heterocycles. The molecule has 1 aliphatic carbocycles. The van der Waals surface area contributed by atoms with Crippen molar-refractivity contribution in [2.75, 3.05) is 0 Å². The van der Waals surface area contributed by atoms with Crippen LogP contribution in [0.25, 0.3) is 0 Å². The second-order valence-corrected chi connectivity index (χ2v) is 14.8. The van der Waals surface area contributed by atoms with Gasteiger partial charge in [-0.25, -0.2) is 0 Å². The molecule has 194 valence electrons. The van der Waals surface area contributed by atoms with E-state index < -0.39 is 8.07 Å². The van der Waals surface area contributed by atoms with Gasteiger partial charge in [0.05, 0.1) is 0 Å². The van der Waals surface area contributed by atoms with Gasteiger partial charge in [-0.3, -0.25) is 0 Å². The van der Waals surface area contributed by atoms with Crippen LogP contribution in [0.3, 0.4) is 0 Å². The van der Waals surface area contributed by atoms with Crippen LogP contribution in [0.4, 0.5) is 0 Å². The molecule has 3 aromatic carbocycles. The maximum atomic E-state index is 2.51. The van der Waals surface area contributed by atoms with Crippen molar-refractivity contribution in [2.24, 2.45) is 0 Å². The first kappa shape index (κ1) is 27.4. The molecule has 0 saturated carbocycles. The summed E-state index contributed by atoms with van der Waals surface area (Å²) >= 11 is 0. The lowest BCUT2D eigenvalue weighted by molar-refractivity contribution is 0.795. The fourth-order valence-electron chi connectivity index (χ4n) is 5.89. The van der Waals surface area contributed by atoms with E-state index in [9.17, 15) is 0 Å². The number of hydrogen-bond acceptors (Lipinski definition) is 0. The lowest BCUT2D eigenvalue weighted by atomic mass is 10.1. The Kier molecular flexibility index (Phi) is 9.80. The van der Waals surface area contributed by atoms with Crippen LogP contribution < -0.4 is 15.6 Å². The van der Waals surface area contributed by atoms with Crippen LogP contribution in [0.15, 0.2) is 95.7 Å². The second kappa shape index (κ2) is 13.2. The van der Waals surface area contributed by atoms with Gasteiger partial charge in [-0.15, -0.1) is 0 Å². The molecule has 0 fully saturated rings. The molecular weight excluding hydrogens is 460 g/mol. The monoisotopic (exact) mass is 506 g/mol. The first-order valence-corrected chi connectivity index (χ1v) is 16.8. The van der Waals surface area contributed by atoms with E-state index in [2.05, 4.69) is 113 Å². The number of unbranched alkanes of at least 4 members (excludes halogenated alkanes) is 3. The van der Waals surface area contributed by atoms with Crippen LogP contribution in [0.1, 0.15) is 89.3 Å². The van der Waals surface area contributed by atoms with Crippen molar-refractivity contribution in [3.8, 4) is 0 Å². The average molecular weight is 507 g/mol. The summed E-state index contributed by atoms with van der Waals surface area (Å²) in [7, 11) is -2.39. The van der Waals surface area contributed by atoms with E-state index in [0.29, 0.717) is 0 Å². The summed E-state index contributed by atoms with van der Waals surface area (Å²) < 4.78 is 0. The third-order valence-electron chi connectivity index (χ3n) is 8.15. The molecule has 0 spiro atoms. The molecule has 0 nitrogen and oxygen atoms in total. The number of hydrogen-bond donors (Lipinski definition) is 0. The first-order chi connectivity index (χ1) is 18.1. The molecule has 0 heterocycles. The minimum Gasteiger partial charge on any atom is -0.0779 e. The van der Waals surface area contributed by atoms with E-state index in [1.54, 1.807) is 5.20 Å². The van der Waals surface area contributed by atoms with E-state index in [1.165, 1.54) is 95.6 Å². The Bertz CT molecular complexity index is 1050. The Morgan fingerprint density at radius 1 is 0.541 bits per heavy atom. The molecule has 0 aromatic heterocycles. The van der Waals surface area contributed by atoms with E-state index >= 15 is 0 Å². The molecule has 0 unspecified atom stereocenters. The lowest BCUT2D eigenvalue weighted by Crippen LogP contribution is -2.68. The number of aryl methyl sites for hydroxylation is 3. The van der Waals surface area contributed by atoms with Crippen molar-refractivity contribution in [1.82, 2.24) is 0 Å². The van der Waals surface area contributed by atoms with Crippen molar-refractivity contribution in [1.29, 1.82) is 0 Å². The summed E-state index contributed by atoms with van der Waals surface area (Å²) in [5.74, 6) is 0. The van der Waals surface area contributed by atoms with E-state index in [4.69, 9.17) is 0 Å². The quantitative estimate of drug-likeness (QED) is 0.163. The Labute approximate surface area is 227 Å². The molecule has 0 aliphatic heterocycles. The van der Waals surface area contributed by atoms with Gasteiger partial charge in [-0.2, -0.15) is 0 Å². The van der Waals surface area contributed by atoms with Crippen molar-refractivity contribution < 1.29 is 0 Å². The van der Waals surface area contributed by atoms with Gasteiger partial charge in [0.25, 0.3) is 0 Å². The van der Waals surface area contributed by atoms with Crippen LogP contribution in [-0.2, 0) is 19.3 Å². The van der Waals surface area contributed by atoms with E-state index in [1.807, 2.05) is 0 Å². The van der Waals surface area contributed by atoms with Crippen LogP contribution in [0.2, 0.25) is 0 Å². The molecule has 0 atom stereocenters. The highest BCUT2D eigenvalue weighted by Crippen LogP contribution is 2.28. The molecule has 1 heteroatoms. The van der Waals surface area contributed by atoms with Crippen LogP contribution in [-0.4, -0.2) is 8.07 Å². The van der Waals surface area contributed by atoms with Crippen molar-refractivity contribution in [3.05, 3.63) is 112 Å². The zero-order valence-electron chi connectivity index (χ0n) is 23.7. The first-order valence-electron chi connectivity index (χ1n) is 14.8. The summed E-state index contributed by atoms with van der Waals surface area (Å²) in [5, 5.41) is 6.17. The van der Waals surface area contributed by atoms with Gasteiger partial charge in [0.1, 0.15) is 0 Å². The highest BCUT2D eigenvalue weighted by Gasteiger charge is 2.43. The third-order valence-corrected chi connectivity index (χ3v) is 13.1. The highest BCUT2D eigenvalue weighted by atomic mass is 28.3. The Hall–Kier alpha value is -2.64. The number of allylic oxidation sites excluding steroid dienone is 4. The van der Waals surface area contributed by atoms with Gasteiger partial charge in [-0.1, -0.05) is 136 Å². The van der Waals surface area contributed by atoms with E-state index in [0.717, 1.165) is 6.42 Å². The van der Waals surface area contributed by atoms with Crippen molar-refractivity contribution >= 4 is 23.6 Å².